The number of aryl methyl sites for hydroxylation is 1. The Balaban J connectivity index is 2.52. The Morgan fingerprint density at radius 3 is 2.62 bits per heavy atom. The molecule has 0 radical (unpaired) electrons. The van der Waals surface area contributed by atoms with E-state index in [0.29, 0.717) is 17.1 Å². The average molecular weight is 176 g/mol. The van der Waals surface area contributed by atoms with Gasteiger partial charge in [-0.3, -0.25) is 0 Å². The molecule has 0 unspecified atom stereocenters. The van der Waals surface area contributed by atoms with Crippen molar-refractivity contribution in [1.29, 1.82) is 0 Å². The molecule has 66 valence electrons. The molecule has 13 heavy (non-hydrogen) atoms. The number of nitrogens with two attached hydrogens (primary N) is 1. The zero-order chi connectivity index (χ0) is 9.26. The van der Waals surface area contributed by atoms with Gasteiger partial charge in [-0.25, -0.2) is 4.98 Å². The van der Waals surface area contributed by atoms with Crippen molar-refractivity contribution in [2.75, 3.05) is 5.73 Å². The lowest BCUT2D eigenvalue weighted by Crippen LogP contribution is -1.92. The van der Waals surface area contributed by atoms with Crippen LogP contribution < -0.4 is 5.73 Å². The SMILES string of the molecule is Cc1cnc(-c2cnncc2N)o1. The maximum Gasteiger partial charge on any atom is 0.230 e. The van der Waals surface area contributed by atoms with E-state index in [0.717, 1.165) is 5.76 Å². The van der Waals surface area contributed by atoms with Crippen LogP contribution in [0.4, 0.5) is 5.69 Å². The summed E-state index contributed by atoms with van der Waals surface area (Å²) in [6, 6.07) is 0. The van der Waals surface area contributed by atoms with Crippen LogP contribution in [0, 0.1) is 6.92 Å². The van der Waals surface area contributed by atoms with Crippen molar-refractivity contribution in [2.24, 2.45) is 0 Å². The number of nitrogens with zero attached hydrogens (tertiary/aromatic N) is 3. The Morgan fingerprint density at radius 1 is 1.23 bits per heavy atom. The van der Waals surface area contributed by atoms with Gasteiger partial charge in [0.15, 0.2) is 0 Å². The highest BCUT2D eigenvalue weighted by Crippen LogP contribution is 2.22. The number of hydrogen-bond acceptors (Lipinski definition) is 5. The Morgan fingerprint density at radius 2 is 2.00 bits per heavy atom. The molecular weight excluding hydrogens is 168 g/mol. The summed E-state index contributed by atoms with van der Waals surface area (Å²) < 4.78 is 5.29. The van der Waals surface area contributed by atoms with Gasteiger partial charge in [0.2, 0.25) is 5.89 Å². The van der Waals surface area contributed by atoms with E-state index in [4.69, 9.17) is 10.2 Å². The minimum Gasteiger partial charge on any atom is -0.441 e. The standard InChI is InChI=1S/C8H8N4O/c1-5-2-10-8(13-5)6-3-11-12-4-7(6)9/h2-4H,1H3,(H2,9,11). The minimum absolute atomic E-state index is 0.477. The fourth-order valence-corrected chi connectivity index (χ4v) is 0.989. The van der Waals surface area contributed by atoms with E-state index >= 15 is 0 Å². The average Bonchev–Trinajstić information content (AvgIpc) is 2.53. The van der Waals surface area contributed by atoms with Gasteiger partial charge in [-0.05, 0) is 6.92 Å². The fourth-order valence-electron chi connectivity index (χ4n) is 0.989. The molecule has 0 aliphatic carbocycles. The molecule has 2 heterocycles. The van der Waals surface area contributed by atoms with Crippen LogP contribution in [0.3, 0.4) is 0 Å². The van der Waals surface area contributed by atoms with Crippen molar-refractivity contribution in [1.82, 2.24) is 15.2 Å². The first-order valence-electron chi connectivity index (χ1n) is 3.76. The number of anilines is 1. The molecule has 5 nitrogen and oxygen atoms in total. The van der Waals surface area contributed by atoms with E-state index in [1.165, 1.54) is 12.4 Å². The highest BCUT2D eigenvalue weighted by molar-refractivity contribution is 5.67. The summed E-state index contributed by atoms with van der Waals surface area (Å²) in [7, 11) is 0. The van der Waals surface area contributed by atoms with Crippen LogP contribution in [0.5, 0.6) is 0 Å². The van der Waals surface area contributed by atoms with Crippen molar-refractivity contribution < 1.29 is 4.42 Å². The summed E-state index contributed by atoms with van der Waals surface area (Å²) in [6.45, 7) is 1.82. The van der Waals surface area contributed by atoms with E-state index in [1.54, 1.807) is 6.20 Å². The molecule has 2 aromatic heterocycles. The number of rotatable bonds is 1. The molecule has 0 bridgehead atoms. The van der Waals surface area contributed by atoms with Crippen LogP contribution in [-0.2, 0) is 0 Å². The summed E-state index contributed by atoms with van der Waals surface area (Å²) in [5.41, 5.74) is 6.84. The second-order valence-electron chi connectivity index (χ2n) is 2.63. The van der Waals surface area contributed by atoms with Crippen LogP contribution in [0.2, 0.25) is 0 Å². The molecule has 0 spiro atoms. The van der Waals surface area contributed by atoms with E-state index in [2.05, 4.69) is 15.2 Å². The van der Waals surface area contributed by atoms with Gasteiger partial charge in [0.25, 0.3) is 0 Å². The zero-order valence-electron chi connectivity index (χ0n) is 7.06. The molecule has 0 atom stereocenters. The summed E-state index contributed by atoms with van der Waals surface area (Å²) in [5, 5.41) is 7.33. The van der Waals surface area contributed by atoms with E-state index in [-0.39, 0.29) is 0 Å². The van der Waals surface area contributed by atoms with Crippen molar-refractivity contribution >= 4 is 5.69 Å². The van der Waals surface area contributed by atoms with Gasteiger partial charge in [0.05, 0.1) is 29.8 Å². The first-order chi connectivity index (χ1) is 6.27. The van der Waals surface area contributed by atoms with Crippen molar-refractivity contribution in [3.8, 4) is 11.5 Å². The molecule has 0 fully saturated rings. The highest BCUT2D eigenvalue weighted by atomic mass is 16.4. The minimum atomic E-state index is 0.477. The van der Waals surface area contributed by atoms with Gasteiger partial charge < -0.3 is 10.2 Å². The zero-order valence-corrected chi connectivity index (χ0v) is 7.06. The van der Waals surface area contributed by atoms with Gasteiger partial charge in [0, 0.05) is 0 Å². The second-order valence-corrected chi connectivity index (χ2v) is 2.63. The van der Waals surface area contributed by atoms with Gasteiger partial charge in [-0.1, -0.05) is 0 Å². The van der Waals surface area contributed by atoms with E-state index in [1.807, 2.05) is 6.92 Å². The summed E-state index contributed by atoms with van der Waals surface area (Å²) in [4.78, 5) is 4.03. The van der Waals surface area contributed by atoms with Crippen molar-refractivity contribution in [3.63, 3.8) is 0 Å². The molecule has 0 aliphatic heterocycles. The van der Waals surface area contributed by atoms with Crippen molar-refractivity contribution in [3.05, 3.63) is 24.4 Å². The fraction of sp³-hybridized carbons (Fsp3) is 0.125. The maximum atomic E-state index is 5.66. The monoisotopic (exact) mass is 176 g/mol. The molecule has 2 N–H and O–H groups in total. The van der Waals surface area contributed by atoms with Crippen LogP contribution >= 0.6 is 0 Å². The lowest BCUT2D eigenvalue weighted by atomic mass is 10.3. The Bertz CT molecular complexity index is 424. The predicted molar refractivity (Wildman–Crippen MR) is 46.7 cm³/mol. The highest BCUT2D eigenvalue weighted by Gasteiger charge is 2.07. The van der Waals surface area contributed by atoms with Crippen LogP contribution in [-0.4, -0.2) is 15.2 Å². The Kier molecular flexibility index (Phi) is 1.70. The molecule has 0 amide bonds. The van der Waals surface area contributed by atoms with Crippen LogP contribution in [0.25, 0.3) is 11.5 Å². The number of oxazole rings is 1. The van der Waals surface area contributed by atoms with Gasteiger partial charge in [-0.15, -0.1) is 0 Å². The molecule has 2 aromatic rings. The largest absolute Gasteiger partial charge is 0.441 e. The predicted octanol–water partition coefficient (Wildman–Crippen LogP) is 1.02. The third-order valence-corrected chi connectivity index (χ3v) is 1.61. The molecule has 5 heteroatoms. The van der Waals surface area contributed by atoms with E-state index < -0.39 is 0 Å². The Hall–Kier alpha value is -1.91. The number of aromatic nitrogens is 3. The smallest absolute Gasteiger partial charge is 0.230 e. The van der Waals surface area contributed by atoms with E-state index in [9.17, 15) is 0 Å². The number of nitrogen functional groups attached to an aromatic ring is 1. The molecule has 0 saturated carbocycles. The molecule has 0 aromatic carbocycles. The first kappa shape index (κ1) is 7.72. The van der Waals surface area contributed by atoms with Gasteiger partial charge >= 0.3 is 0 Å². The molecule has 2 rings (SSSR count). The Labute approximate surface area is 74.6 Å². The molecule has 0 aliphatic rings. The van der Waals surface area contributed by atoms with Crippen LogP contribution in [0.15, 0.2) is 23.0 Å². The normalized spacial score (nSPS) is 10.2. The summed E-state index contributed by atoms with van der Waals surface area (Å²) in [5.74, 6) is 1.22. The maximum absolute atomic E-state index is 5.66. The molecular formula is C8H8N4O. The third kappa shape index (κ3) is 1.35. The first-order valence-corrected chi connectivity index (χ1v) is 3.76. The third-order valence-electron chi connectivity index (χ3n) is 1.61. The summed E-state index contributed by atoms with van der Waals surface area (Å²) in [6.07, 6.45) is 4.63. The summed E-state index contributed by atoms with van der Waals surface area (Å²) >= 11 is 0. The van der Waals surface area contributed by atoms with Gasteiger partial charge in [0.1, 0.15) is 5.76 Å². The van der Waals surface area contributed by atoms with Crippen LogP contribution in [0.1, 0.15) is 5.76 Å². The number of hydrogen-bond donors (Lipinski definition) is 1. The van der Waals surface area contributed by atoms with Crippen molar-refractivity contribution in [2.45, 2.75) is 6.92 Å². The lowest BCUT2D eigenvalue weighted by molar-refractivity contribution is 0.542. The second kappa shape index (κ2) is 2.85. The quantitative estimate of drug-likeness (QED) is 0.701. The van der Waals surface area contributed by atoms with Gasteiger partial charge in [-0.2, -0.15) is 10.2 Å². The molecule has 0 saturated heterocycles. The topological polar surface area (TPSA) is 77.8 Å². The lowest BCUT2D eigenvalue weighted by Gasteiger charge is -1.97.